The zero-order chi connectivity index (χ0) is 17.7. The van der Waals surface area contributed by atoms with E-state index in [1.54, 1.807) is 31.5 Å². The summed E-state index contributed by atoms with van der Waals surface area (Å²) in [7, 11) is 0. The van der Waals surface area contributed by atoms with Crippen LogP contribution in [-0.2, 0) is 9.59 Å². The SMILES string of the molecule is CCCCCC1C(C(=O)O)=C(c2cccnc2)N=C(C)C1C(=O)O. The molecule has 0 radical (unpaired) electrons. The minimum Gasteiger partial charge on any atom is -0.481 e. The third-order valence-electron chi connectivity index (χ3n) is 4.32. The number of aromatic nitrogens is 1. The number of nitrogens with zero attached hydrogens (tertiary/aromatic N) is 2. The zero-order valence-electron chi connectivity index (χ0n) is 13.9. The Kier molecular flexibility index (Phi) is 5.84. The molecule has 1 aromatic heterocycles. The van der Waals surface area contributed by atoms with Crippen LogP contribution in [0.15, 0.2) is 35.1 Å². The second-order valence-corrected chi connectivity index (χ2v) is 5.98. The van der Waals surface area contributed by atoms with Gasteiger partial charge in [0, 0.05) is 29.6 Å². The van der Waals surface area contributed by atoms with Crippen LogP contribution in [0.1, 0.15) is 45.1 Å². The second-order valence-electron chi connectivity index (χ2n) is 5.98. The highest BCUT2D eigenvalue weighted by Crippen LogP contribution is 2.38. The molecule has 2 rings (SSSR count). The zero-order valence-corrected chi connectivity index (χ0v) is 13.9. The first-order valence-corrected chi connectivity index (χ1v) is 8.13. The number of carboxylic acid groups (broad SMARTS) is 2. The van der Waals surface area contributed by atoms with Gasteiger partial charge < -0.3 is 10.2 Å². The van der Waals surface area contributed by atoms with Crippen molar-refractivity contribution in [3.05, 3.63) is 35.7 Å². The van der Waals surface area contributed by atoms with Crippen molar-refractivity contribution in [2.24, 2.45) is 16.8 Å². The smallest absolute Gasteiger partial charge is 0.334 e. The van der Waals surface area contributed by atoms with E-state index in [-0.39, 0.29) is 5.57 Å². The molecule has 1 aliphatic heterocycles. The summed E-state index contributed by atoms with van der Waals surface area (Å²) in [6, 6.07) is 3.45. The van der Waals surface area contributed by atoms with Crippen molar-refractivity contribution in [2.75, 3.05) is 0 Å². The molecule has 0 spiro atoms. The van der Waals surface area contributed by atoms with Crippen LogP contribution in [0.3, 0.4) is 0 Å². The number of carbonyl (C=O) groups is 2. The molecule has 0 aromatic carbocycles. The van der Waals surface area contributed by atoms with Crippen molar-refractivity contribution in [1.29, 1.82) is 0 Å². The molecular weight excluding hydrogens is 308 g/mol. The molecular formula is C18H22N2O4. The molecule has 1 aromatic rings. The predicted octanol–water partition coefficient (Wildman–Crippen LogP) is 3.25. The third-order valence-corrected chi connectivity index (χ3v) is 4.32. The van der Waals surface area contributed by atoms with Gasteiger partial charge in [0.2, 0.25) is 0 Å². The number of carboxylic acids is 2. The van der Waals surface area contributed by atoms with Crippen LogP contribution >= 0.6 is 0 Å². The molecule has 1 aliphatic rings. The summed E-state index contributed by atoms with van der Waals surface area (Å²) in [4.78, 5) is 32.0. The largest absolute Gasteiger partial charge is 0.481 e. The molecule has 0 aliphatic carbocycles. The Labute approximate surface area is 141 Å². The highest BCUT2D eigenvalue weighted by Gasteiger charge is 2.40. The van der Waals surface area contributed by atoms with Gasteiger partial charge in [0.25, 0.3) is 0 Å². The Hall–Kier alpha value is -2.50. The third kappa shape index (κ3) is 3.69. The lowest BCUT2D eigenvalue weighted by Crippen LogP contribution is -2.36. The van der Waals surface area contributed by atoms with E-state index in [1.165, 1.54) is 0 Å². The summed E-state index contributed by atoms with van der Waals surface area (Å²) in [6.07, 6.45) is 6.38. The molecule has 2 atom stereocenters. The standard InChI is InChI=1S/C18H22N2O4/c1-3-4-5-8-13-14(17(21)22)11(2)20-16(15(13)18(23)24)12-7-6-9-19-10-12/h6-7,9-10,13-14H,3-5,8H2,1-2H3,(H,21,22)(H,23,24). The van der Waals surface area contributed by atoms with E-state index in [1.807, 2.05) is 0 Å². The van der Waals surface area contributed by atoms with Crippen molar-refractivity contribution < 1.29 is 19.8 Å². The van der Waals surface area contributed by atoms with Crippen molar-refractivity contribution in [1.82, 2.24) is 4.98 Å². The van der Waals surface area contributed by atoms with E-state index in [2.05, 4.69) is 16.9 Å². The Morgan fingerprint density at radius 1 is 1.25 bits per heavy atom. The fourth-order valence-corrected chi connectivity index (χ4v) is 3.20. The lowest BCUT2D eigenvalue weighted by Gasteiger charge is -2.30. The molecule has 0 saturated carbocycles. The summed E-state index contributed by atoms with van der Waals surface area (Å²) < 4.78 is 0. The van der Waals surface area contributed by atoms with Crippen LogP contribution in [0, 0.1) is 11.8 Å². The Bertz CT molecular complexity index is 680. The van der Waals surface area contributed by atoms with E-state index >= 15 is 0 Å². The number of aliphatic imine (C=N–C) groups is 1. The average molecular weight is 330 g/mol. The van der Waals surface area contributed by atoms with Gasteiger partial charge in [0.15, 0.2) is 0 Å². The fourth-order valence-electron chi connectivity index (χ4n) is 3.20. The minimum absolute atomic E-state index is 0.0807. The summed E-state index contributed by atoms with van der Waals surface area (Å²) in [5.74, 6) is -3.62. The maximum atomic E-state index is 11.9. The summed E-state index contributed by atoms with van der Waals surface area (Å²) in [5.41, 5.74) is 1.44. The van der Waals surface area contributed by atoms with Crippen LogP contribution in [0.4, 0.5) is 0 Å². The topological polar surface area (TPSA) is 99.9 Å². The van der Waals surface area contributed by atoms with E-state index in [0.717, 1.165) is 19.3 Å². The molecule has 0 bridgehead atoms. The molecule has 2 heterocycles. The number of unbranched alkanes of at least 4 members (excludes halogenated alkanes) is 2. The lowest BCUT2D eigenvalue weighted by atomic mass is 9.76. The maximum absolute atomic E-state index is 11.9. The van der Waals surface area contributed by atoms with Crippen LogP contribution in [-0.4, -0.2) is 32.8 Å². The average Bonchev–Trinajstić information content (AvgIpc) is 2.54. The summed E-state index contributed by atoms with van der Waals surface area (Å²) >= 11 is 0. The summed E-state index contributed by atoms with van der Waals surface area (Å²) in [6.45, 7) is 3.71. The first kappa shape index (κ1) is 17.8. The van der Waals surface area contributed by atoms with E-state index in [0.29, 0.717) is 23.4 Å². The molecule has 2 unspecified atom stereocenters. The second kappa shape index (κ2) is 7.86. The van der Waals surface area contributed by atoms with Gasteiger partial charge in [-0.05, 0) is 25.5 Å². The van der Waals surface area contributed by atoms with Gasteiger partial charge in [0.1, 0.15) is 5.92 Å². The van der Waals surface area contributed by atoms with E-state index in [9.17, 15) is 19.8 Å². The highest BCUT2D eigenvalue weighted by atomic mass is 16.4. The van der Waals surface area contributed by atoms with Crippen molar-refractivity contribution >= 4 is 23.3 Å². The first-order chi connectivity index (χ1) is 11.5. The number of pyridine rings is 1. The Morgan fingerprint density at radius 2 is 2.00 bits per heavy atom. The molecule has 0 fully saturated rings. The van der Waals surface area contributed by atoms with Gasteiger partial charge in [-0.2, -0.15) is 0 Å². The molecule has 2 N–H and O–H groups in total. The number of hydrogen-bond acceptors (Lipinski definition) is 4. The molecule has 6 nitrogen and oxygen atoms in total. The lowest BCUT2D eigenvalue weighted by molar-refractivity contribution is -0.141. The number of rotatable bonds is 7. The number of aliphatic carboxylic acids is 2. The fraction of sp³-hybridized carbons (Fsp3) is 0.444. The molecule has 0 amide bonds. The van der Waals surface area contributed by atoms with Crippen LogP contribution in [0.25, 0.3) is 5.70 Å². The molecule has 0 saturated heterocycles. The first-order valence-electron chi connectivity index (χ1n) is 8.13. The quantitative estimate of drug-likeness (QED) is 0.748. The molecule has 128 valence electrons. The van der Waals surface area contributed by atoms with Gasteiger partial charge >= 0.3 is 11.9 Å². The van der Waals surface area contributed by atoms with Crippen molar-refractivity contribution in [2.45, 2.75) is 39.5 Å². The van der Waals surface area contributed by atoms with Crippen LogP contribution < -0.4 is 0 Å². The van der Waals surface area contributed by atoms with Gasteiger partial charge in [-0.15, -0.1) is 0 Å². The van der Waals surface area contributed by atoms with Crippen LogP contribution in [0.5, 0.6) is 0 Å². The maximum Gasteiger partial charge on any atom is 0.334 e. The number of hydrogen-bond donors (Lipinski definition) is 2. The van der Waals surface area contributed by atoms with Gasteiger partial charge in [-0.3, -0.25) is 14.8 Å². The highest BCUT2D eigenvalue weighted by molar-refractivity contribution is 6.09. The normalized spacial score (nSPS) is 20.7. The molecule has 24 heavy (non-hydrogen) atoms. The summed E-state index contributed by atoms with van der Waals surface area (Å²) in [5, 5.41) is 19.3. The Morgan fingerprint density at radius 3 is 2.54 bits per heavy atom. The van der Waals surface area contributed by atoms with Crippen LogP contribution in [0.2, 0.25) is 0 Å². The van der Waals surface area contributed by atoms with E-state index < -0.39 is 23.8 Å². The molecule has 6 heteroatoms. The predicted molar refractivity (Wildman–Crippen MR) is 90.7 cm³/mol. The van der Waals surface area contributed by atoms with Gasteiger partial charge in [-0.25, -0.2) is 4.79 Å². The van der Waals surface area contributed by atoms with E-state index in [4.69, 9.17) is 0 Å². The van der Waals surface area contributed by atoms with Gasteiger partial charge in [-0.1, -0.05) is 26.2 Å². The Balaban J connectivity index is 2.55. The van der Waals surface area contributed by atoms with Gasteiger partial charge in [0.05, 0.1) is 11.3 Å². The monoisotopic (exact) mass is 330 g/mol. The van der Waals surface area contributed by atoms with Crippen molar-refractivity contribution in [3.8, 4) is 0 Å². The van der Waals surface area contributed by atoms with Crippen molar-refractivity contribution in [3.63, 3.8) is 0 Å². The minimum atomic E-state index is -1.11.